The van der Waals surface area contributed by atoms with Crippen LogP contribution >= 0.6 is 15.9 Å². The molecule has 158 valence electrons. The average Bonchev–Trinajstić information content (AvgIpc) is 3.02. The third-order valence-electron chi connectivity index (χ3n) is 5.90. The maximum Gasteiger partial charge on any atom is 0.299 e. The highest BCUT2D eigenvalue weighted by Gasteiger charge is 2.33. The summed E-state index contributed by atoms with van der Waals surface area (Å²) < 4.78 is 0.985. The van der Waals surface area contributed by atoms with Crippen LogP contribution in [0.5, 0.6) is 0 Å². The van der Waals surface area contributed by atoms with Crippen molar-refractivity contribution in [1.29, 1.82) is 0 Å². The van der Waals surface area contributed by atoms with Gasteiger partial charge >= 0.3 is 0 Å². The van der Waals surface area contributed by atoms with E-state index in [1.807, 2.05) is 30.3 Å². The zero-order chi connectivity index (χ0) is 22.6. The summed E-state index contributed by atoms with van der Waals surface area (Å²) >= 11 is 3.64. The molecule has 32 heavy (non-hydrogen) atoms. The number of anilines is 2. The monoisotopic (exact) mass is 487 g/mol. The van der Waals surface area contributed by atoms with Crippen LogP contribution in [-0.4, -0.2) is 33.7 Å². The predicted octanol–water partition coefficient (Wildman–Crippen LogP) is 4.35. The number of amides is 1. The molecule has 2 aromatic heterocycles. The number of nitrogens with zero attached hydrogens (tertiary/aromatic N) is 4. The summed E-state index contributed by atoms with van der Waals surface area (Å²) in [6, 6.07) is 15.3. The quantitative estimate of drug-likeness (QED) is 0.431. The number of pyridine rings is 1. The van der Waals surface area contributed by atoms with Gasteiger partial charge in [0.15, 0.2) is 5.65 Å². The van der Waals surface area contributed by atoms with Crippen molar-refractivity contribution in [1.82, 2.24) is 15.0 Å². The van der Waals surface area contributed by atoms with Crippen LogP contribution in [0.1, 0.15) is 34.3 Å². The molecule has 2 aromatic carbocycles. The molecular formula is C24H18BrN5O2. The number of likely N-dealkylation sites (N-methyl/N-ethyl adjacent to an activating group) is 1. The van der Waals surface area contributed by atoms with Gasteiger partial charge in [-0.2, -0.15) is 0 Å². The van der Waals surface area contributed by atoms with Gasteiger partial charge in [-0.25, -0.2) is 15.0 Å². The van der Waals surface area contributed by atoms with Crippen LogP contribution in [0.25, 0.3) is 22.3 Å². The molecule has 7 nitrogen and oxygen atoms in total. The van der Waals surface area contributed by atoms with Crippen molar-refractivity contribution in [2.45, 2.75) is 12.8 Å². The fourth-order valence-corrected chi connectivity index (χ4v) is 4.77. The normalized spacial score (nSPS) is 14.2. The lowest BCUT2D eigenvalue weighted by molar-refractivity contribution is -0.114. The zero-order valence-electron chi connectivity index (χ0n) is 17.3. The minimum Gasteiger partial charge on any atom is -0.383 e. The molecule has 0 spiro atoms. The number of ketones is 1. The zero-order valence-corrected chi connectivity index (χ0v) is 18.9. The Kier molecular flexibility index (Phi) is 4.74. The Labute approximate surface area is 192 Å². The van der Waals surface area contributed by atoms with E-state index in [4.69, 9.17) is 10.7 Å². The predicted molar refractivity (Wildman–Crippen MR) is 127 cm³/mol. The third-order valence-corrected chi connectivity index (χ3v) is 6.62. The van der Waals surface area contributed by atoms with Crippen molar-refractivity contribution in [2.24, 2.45) is 0 Å². The molecule has 4 aromatic rings. The molecule has 1 unspecified atom stereocenters. The van der Waals surface area contributed by atoms with E-state index in [1.54, 1.807) is 19.2 Å². The largest absolute Gasteiger partial charge is 0.383 e. The molecule has 0 aliphatic carbocycles. The van der Waals surface area contributed by atoms with Crippen molar-refractivity contribution in [3.05, 3.63) is 76.0 Å². The average molecular weight is 488 g/mol. The third kappa shape index (κ3) is 3.06. The second-order valence-electron chi connectivity index (χ2n) is 7.72. The number of benzene rings is 2. The lowest BCUT2D eigenvalue weighted by Gasteiger charge is -2.18. The lowest BCUT2D eigenvalue weighted by Crippen LogP contribution is -2.24. The summed E-state index contributed by atoms with van der Waals surface area (Å²) in [5.41, 5.74) is 11.1. The Morgan fingerprint density at radius 3 is 2.59 bits per heavy atom. The first-order valence-corrected chi connectivity index (χ1v) is 10.8. The van der Waals surface area contributed by atoms with E-state index in [1.165, 1.54) is 11.2 Å². The molecule has 2 N–H and O–H groups in total. The number of halogens is 1. The van der Waals surface area contributed by atoms with Crippen molar-refractivity contribution in [3.8, 4) is 11.3 Å². The second kappa shape index (κ2) is 7.49. The summed E-state index contributed by atoms with van der Waals surface area (Å²) in [7, 11) is 1.59. The first-order valence-electron chi connectivity index (χ1n) is 9.99. The van der Waals surface area contributed by atoms with Crippen LogP contribution in [0.2, 0.25) is 0 Å². The van der Waals surface area contributed by atoms with Gasteiger partial charge in [-0.1, -0.05) is 47.1 Å². The van der Waals surface area contributed by atoms with E-state index in [9.17, 15) is 9.59 Å². The van der Waals surface area contributed by atoms with Crippen LogP contribution in [0.15, 0.2) is 59.3 Å². The van der Waals surface area contributed by atoms with E-state index in [2.05, 4.69) is 38.9 Å². The topological polar surface area (TPSA) is 102 Å². The Hall–Kier alpha value is -3.65. The van der Waals surface area contributed by atoms with Crippen LogP contribution in [0.4, 0.5) is 11.5 Å². The molecule has 1 aliphatic rings. The van der Waals surface area contributed by atoms with Crippen molar-refractivity contribution in [2.75, 3.05) is 17.7 Å². The molecule has 3 heterocycles. The molecule has 1 atom stereocenters. The van der Waals surface area contributed by atoms with Crippen LogP contribution < -0.4 is 10.6 Å². The molecule has 8 heteroatoms. The maximum atomic E-state index is 12.4. The highest BCUT2D eigenvalue weighted by Crippen LogP contribution is 2.38. The Bertz CT molecular complexity index is 1440. The SMILES string of the molecule is CC(c1ccccc1Br)c1cc(-c2ccc3c(c2)C(=O)C(=O)N3C)nc2ncnc(N)c12. The molecule has 0 bridgehead atoms. The van der Waals surface area contributed by atoms with Crippen molar-refractivity contribution >= 4 is 50.2 Å². The van der Waals surface area contributed by atoms with Gasteiger partial charge in [-0.05, 0) is 35.4 Å². The molecule has 0 radical (unpaired) electrons. The number of rotatable bonds is 3. The number of hydrogen-bond acceptors (Lipinski definition) is 6. The number of nitrogen functional groups attached to an aromatic ring is 1. The van der Waals surface area contributed by atoms with Gasteiger partial charge in [0.2, 0.25) is 0 Å². The highest BCUT2D eigenvalue weighted by atomic mass is 79.9. The van der Waals surface area contributed by atoms with E-state index >= 15 is 0 Å². The molecule has 0 saturated carbocycles. The summed E-state index contributed by atoms with van der Waals surface area (Å²) in [6.07, 6.45) is 1.39. The molecule has 1 aliphatic heterocycles. The van der Waals surface area contributed by atoms with Gasteiger partial charge < -0.3 is 10.6 Å². The fourth-order valence-electron chi connectivity index (χ4n) is 4.15. The maximum absolute atomic E-state index is 12.4. The summed E-state index contributed by atoms with van der Waals surface area (Å²) in [4.78, 5) is 39.1. The lowest BCUT2D eigenvalue weighted by atomic mass is 9.90. The van der Waals surface area contributed by atoms with Gasteiger partial charge in [-0.3, -0.25) is 9.59 Å². The Balaban J connectivity index is 1.73. The second-order valence-corrected chi connectivity index (χ2v) is 8.58. The number of carbonyl (C=O) groups excluding carboxylic acids is 2. The molecule has 0 fully saturated rings. The van der Waals surface area contributed by atoms with Gasteiger partial charge in [0, 0.05) is 23.0 Å². The molecule has 0 saturated heterocycles. The number of aromatic nitrogens is 3. The number of carbonyl (C=O) groups is 2. The first-order chi connectivity index (χ1) is 15.4. The van der Waals surface area contributed by atoms with Crippen LogP contribution in [-0.2, 0) is 4.79 Å². The van der Waals surface area contributed by atoms with Gasteiger partial charge in [-0.15, -0.1) is 0 Å². The number of Topliss-reactive ketones (excluding diaryl/α,β-unsaturated/α-hetero) is 1. The Morgan fingerprint density at radius 2 is 1.81 bits per heavy atom. The van der Waals surface area contributed by atoms with E-state index < -0.39 is 11.7 Å². The smallest absolute Gasteiger partial charge is 0.299 e. The van der Waals surface area contributed by atoms with Gasteiger partial charge in [0.05, 0.1) is 22.3 Å². The Morgan fingerprint density at radius 1 is 1.03 bits per heavy atom. The number of fused-ring (bicyclic) bond motifs is 2. The van der Waals surface area contributed by atoms with Crippen molar-refractivity contribution in [3.63, 3.8) is 0 Å². The highest BCUT2D eigenvalue weighted by molar-refractivity contribution is 9.10. The van der Waals surface area contributed by atoms with E-state index in [-0.39, 0.29) is 5.92 Å². The van der Waals surface area contributed by atoms with Crippen LogP contribution in [0.3, 0.4) is 0 Å². The minimum absolute atomic E-state index is 0.0353. The molecule has 1 amide bonds. The summed E-state index contributed by atoms with van der Waals surface area (Å²) in [6.45, 7) is 2.09. The van der Waals surface area contributed by atoms with E-state index in [0.29, 0.717) is 33.8 Å². The molecular weight excluding hydrogens is 470 g/mol. The minimum atomic E-state index is -0.535. The number of nitrogens with two attached hydrogens (primary N) is 1. The standard InChI is InChI=1S/C24H18BrN5O2/c1-12(14-5-3-4-6-17(14)25)15-10-18(29-23-20(15)22(26)27-11-28-23)13-7-8-19-16(9-13)21(31)24(32)30(19)2/h3-12H,1-2H3,(H2,26,27,28,29). The van der Waals surface area contributed by atoms with Gasteiger partial charge in [0.1, 0.15) is 12.1 Å². The number of hydrogen-bond donors (Lipinski definition) is 1. The van der Waals surface area contributed by atoms with E-state index in [0.717, 1.165) is 21.2 Å². The fraction of sp³-hybridized carbons (Fsp3) is 0.125. The molecule has 5 rings (SSSR count). The first kappa shape index (κ1) is 20.3. The van der Waals surface area contributed by atoms with Gasteiger partial charge in [0.25, 0.3) is 11.7 Å². The summed E-state index contributed by atoms with van der Waals surface area (Å²) in [5, 5.41) is 0.701. The van der Waals surface area contributed by atoms with Crippen molar-refractivity contribution < 1.29 is 9.59 Å². The van der Waals surface area contributed by atoms with Crippen LogP contribution in [0, 0.1) is 0 Å². The summed E-state index contributed by atoms with van der Waals surface area (Å²) in [5.74, 6) is -0.725.